The summed E-state index contributed by atoms with van der Waals surface area (Å²) in [5.41, 5.74) is 5.51. The molecule has 4 N–H and O–H groups in total. The number of nitrogens with two attached hydrogens (primary N) is 1. The number of aromatic nitrogens is 1. The predicted molar refractivity (Wildman–Crippen MR) is 96.9 cm³/mol. The Labute approximate surface area is 161 Å². The normalized spacial score (nSPS) is 21.5. The van der Waals surface area contributed by atoms with Gasteiger partial charge >= 0.3 is 11.7 Å². The van der Waals surface area contributed by atoms with Crippen LogP contribution in [0.2, 0.25) is 15.2 Å². The van der Waals surface area contributed by atoms with E-state index < -0.39 is 12.1 Å². The first-order valence-electron chi connectivity index (χ1n) is 8.09. The molecule has 1 saturated carbocycles. The van der Waals surface area contributed by atoms with E-state index in [0.717, 1.165) is 19.3 Å². The van der Waals surface area contributed by atoms with E-state index in [1.807, 2.05) is 0 Å². The van der Waals surface area contributed by atoms with E-state index in [9.17, 15) is 9.59 Å². The number of nitrogen functional groups attached to an aromatic ring is 1. The van der Waals surface area contributed by atoms with Crippen LogP contribution in [0.25, 0.3) is 0 Å². The van der Waals surface area contributed by atoms with Crippen molar-refractivity contribution < 1.29 is 19.3 Å². The van der Waals surface area contributed by atoms with Gasteiger partial charge in [-0.3, -0.25) is 4.79 Å². The van der Waals surface area contributed by atoms with E-state index >= 15 is 0 Å². The largest absolute Gasteiger partial charge is 0.445 e. The van der Waals surface area contributed by atoms with Crippen LogP contribution in [0.4, 0.5) is 5.69 Å². The number of halogens is 3. The smallest absolute Gasteiger partial charge is 0.406 e. The molecule has 3 atom stereocenters. The molecule has 0 spiro atoms. The van der Waals surface area contributed by atoms with E-state index in [0.29, 0.717) is 5.92 Å². The summed E-state index contributed by atoms with van der Waals surface area (Å²) in [5, 5.41) is 2.81. The molecule has 0 aromatic carbocycles. The van der Waals surface area contributed by atoms with Crippen LogP contribution in [0.5, 0.6) is 0 Å². The summed E-state index contributed by atoms with van der Waals surface area (Å²) >= 11 is 17.7. The number of ether oxygens (including phenoxy) is 1. The highest BCUT2D eigenvalue weighted by Gasteiger charge is 2.31. The number of aromatic amines is 1. The first kappa shape index (κ1) is 20.1. The molecule has 1 heterocycles. The van der Waals surface area contributed by atoms with Gasteiger partial charge in [0.25, 0.3) is 11.1 Å². The van der Waals surface area contributed by atoms with Gasteiger partial charge in [0.1, 0.15) is 10.0 Å². The molecule has 25 heavy (non-hydrogen) atoms. The van der Waals surface area contributed by atoms with E-state index in [4.69, 9.17) is 45.3 Å². The molecule has 1 aromatic heterocycles. The lowest BCUT2D eigenvalue weighted by Crippen LogP contribution is -2.46. The molecular formula is C16H21Cl3N3O3+. The Morgan fingerprint density at radius 2 is 1.88 bits per heavy atom. The maximum Gasteiger partial charge on any atom is 0.406 e. The summed E-state index contributed by atoms with van der Waals surface area (Å²) < 4.78 is 5.18. The zero-order valence-electron chi connectivity index (χ0n) is 14.0. The Morgan fingerprint density at radius 3 is 2.52 bits per heavy atom. The lowest BCUT2D eigenvalue weighted by Gasteiger charge is -2.30. The number of rotatable bonds is 4. The second-order valence-corrected chi connectivity index (χ2v) is 7.41. The average molecular weight is 410 g/mol. The SMILES string of the molecule is C[C@@H](OC(=O)c1[nH+]c(Cl)c(Cl)c(N)c1Cl)C(=O)N[C@@H]1CCCC[C@@H]1C. The highest BCUT2D eigenvalue weighted by molar-refractivity contribution is 6.45. The minimum Gasteiger partial charge on any atom is -0.445 e. The Hall–Kier alpha value is -1.24. The maximum atomic E-state index is 12.3. The molecule has 0 bridgehead atoms. The van der Waals surface area contributed by atoms with E-state index in [1.165, 1.54) is 13.3 Å². The Kier molecular flexibility index (Phi) is 6.77. The highest BCUT2D eigenvalue weighted by atomic mass is 35.5. The second kappa shape index (κ2) is 8.43. The van der Waals surface area contributed by atoms with Gasteiger partial charge in [-0.15, -0.1) is 0 Å². The molecule has 1 amide bonds. The van der Waals surface area contributed by atoms with Crippen LogP contribution in [-0.2, 0) is 9.53 Å². The van der Waals surface area contributed by atoms with Crippen molar-refractivity contribution in [3.63, 3.8) is 0 Å². The average Bonchev–Trinajstić information content (AvgIpc) is 2.58. The van der Waals surface area contributed by atoms with Crippen molar-refractivity contribution in [2.75, 3.05) is 5.73 Å². The van der Waals surface area contributed by atoms with Gasteiger partial charge in [-0.25, -0.2) is 4.79 Å². The number of nitrogens with one attached hydrogen (secondary N) is 2. The standard InChI is InChI=1S/C16H20Cl3N3O3/c1-7-5-3-4-6-9(7)21-15(23)8(2)25-16(24)13-10(17)12(20)11(18)14(19)22-13/h7-9H,3-6H2,1-2H3,(H2,20,22)(H,21,23)/p+1/t7-,8+,9+/m0/s1. The lowest BCUT2D eigenvalue weighted by atomic mass is 9.86. The summed E-state index contributed by atoms with van der Waals surface area (Å²) in [7, 11) is 0. The molecule has 1 aliphatic carbocycles. The number of hydrogen-bond donors (Lipinski definition) is 2. The topological polar surface area (TPSA) is 95.6 Å². The van der Waals surface area contributed by atoms with Crippen LogP contribution in [0.15, 0.2) is 0 Å². The molecule has 1 aliphatic rings. The third kappa shape index (κ3) is 4.68. The van der Waals surface area contributed by atoms with Gasteiger partial charge < -0.3 is 15.8 Å². The van der Waals surface area contributed by atoms with Gasteiger partial charge in [0.15, 0.2) is 6.10 Å². The fourth-order valence-electron chi connectivity index (χ4n) is 2.81. The van der Waals surface area contributed by atoms with Crippen LogP contribution in [0.1, 0.15) is 50.0 Å². The molecule has 0 unspecified atom stereocenters. The van der Waals surface area contributed by atoms with Crippen molar-refractivity contribution in [2.45, 2.75) is 51.7 Å². The van der Waals surface area contributed by atoms with E-state index in [2.05, 4.69) is 17.2 Å². The molecular weight excluding hydrogens is 389 g/mol. The number of carbonyl (C=O) groups is 2. The quantitative estimate of drug-likeness (QED) is 0.589. The first-order chi connectivity index (χ1) is 11.7. The van der Waals surface area contributed by atoms with Crippen LogP contribution < -0.4 is 16.0 Å². The van der Waals surface area contributed by atoms with Crippen molar-refractivity contribution in [1.82, 2.24) is 5.32 Å². The van der Waals surface area contributed by atoms with Gasteiger partial charge in [0.05, 0.1) is 5.69 Å². The first-order valence-corrected chi connectivity index (χ1v) is 9.22. The Balaban J connectivity index is 2.03. The second-order valence-electron chi connectivity index (χ2n) is 6.28. The number of pyridine rings is 1. The zero-order valence-corrected chi connectivity index (χ0v) is 16.3. The number of hydrogen-bond acceptors (Lipinski definition) is 4. The third-order valence-corrected chi connectivity index (χ3v) is 5.58. The van der Waals surface area contributed by atoms with Gasteiger partial charge in [-0.05, 0) is 37.3 Å². The van der Waals surface area contributed by atoms with Gasteiger partial charge in [-0.1, -0.05) is 43.0 Å². The number of carbonyl (C=O) groups excluding carboxylic acids is 2. The summed E-state index contributed by atoms with van der Waals surface area (Å²) in [6.07, 6.45) is 3.27. The Bertz CT molecular complexity index is 684. The van der Waals surface area contributed by atoms with Gasteiger partial charge in [-0.2, -0.15) is 4.98 Å². The highest BCUT2D eigenvalue weighted by Crippen LogP contribution is 2.32. The van der Waals surface area contributed by atoms with Gasteiger partial charge in [0.2, 0.25) is 0 Å². The number of amides is 1. The van der Waals surface area contributed by atoms with Gasteiger partial charge in [0, 0.05) is 6.04 Å². The van der Waals surface area contributed by atoms with Crippen LogP contribution in [0, 0.1) is 5.92 Å². The van der Waals surface area contributed by atoms with E-state index in [1.54, 1.807) is 0 Å². The van der Waals surface area contributed by atoms with Crippen LogP contribution in [-0.4, -0.2) is 24.0 Å². The summed E-state index contributed by atoms with van der Waals surface area (Å²) in [6, 6.07) is 0.0955. The summed E-state index contributed by atoms with van der Waals surface area (Å²) in [5.74, 6) is -0.788. The molecule has 1 aromatic rings. The molecule has 0 aliphatic heterocycles. The maximum absolute atomic E-state index is 12.3. The molecule has 0 saturated heterocycles. The van der Waals surface area contributed by atoms with Crippen molar-refractivity contribution in [3.05, 3.63) is 20.9 Å². The number of esters is 1. The molecule has 6 nitrogen and oxygen atoms in total. The monoisotopic (exact) mass is 408 g/mol. The van der Waals surface area contributed by atoms with Crippen molar-refractivity contribution >= 4 is 52.4 Å². The minimum atomic E-state index is -0.984. The molecule has 0 radical (unpaired) electrons. The molecule has 2 rings (SSSR count). The number of H-pyrrole nitrogens is 1. The number of anilines is 1. The van der Waals surface area contributed by atoms with Crippen molar-refractivity contribution in [3.8, 4) is 0 Å². The Morgan fingerprint density at radius 1 is 1.24 bits per heavy atom. The fraction of sp³-hybridized carbons (Fsp3) is 0.562. The third-order valence-electron chi connectivity index (χ3n) is 4.42. The van der Waals surface area contributed by atoms with Crippen molar-refractivity contribution in [1.29, 1.82) is 0 Å². The predicted octanol–water partition coefficient (Wildman–Crippen LogP) is 3.28. The summed E-state index contributed by atoms with van der Waals surface area (Å²) in [6.45, 7) is 3.60. The lowest BCUT2D eigenvalue weighted by molar-refractivity contribution is -0.380. The van der Waals surface area contributed by atoms with Crippen molar-refractivity contribution in [2.24, 2.45) is 5.92 Å². The molecule has 138 valence electrons. The fourth-order valence-corrected chi connectivity index (χ4v) is 3.42. The molecule has 9 heteroatoms. The zero-order chi connectivity index (χ0) is 18.7. The molecule has 1 fully saturated rings. The van der Waals surface area contributed by atoms with Crippen LogP contribution in [0.3, 0.4) is 0 Å². The van der Waals surface area contributed by atoms with E-state index in [-0.39, 0.29) is 38.5 Å². The summed E-state index contributed by atoms with van der Waals surface area (Å²) in [4.78, 5) is 27.1. The van der Waals surface area contributed by atoms with Crippen LogP contribution >= 0.6 is 34.8 Å². The minimum absolute atomic E-state index is 0.0142.